The first-order valence-electron chi connectivity index (χ1n) is 3.35. The van der Waals surface area contributed by atoms with Gasteiger partial charge in [-0.05, 0) is 0 Å². The second-order valence-electron chi connectivity index (χ2n) is 2.34. The van der Waals surface area contributed by atoms with Gasteiger partial charge in [-0.3, -0.25) is 9.17 Å². The summed E-state index contributed by atoms with van der Waals surface area (Å²) in [4.78, 5) is 3.69. The third-order valence-corrected chi connectivity index (χ3v) is 2.42. The van der Waals surface area contributed by atoms with Crippen LogP contribution >= 0.6 is 23.2 Å². The average Bonchev–Trinajstić information content (AvgIpc) is 2.01. The van der Waals surface area contributed by atoms with E-state index in [9.17, 15) is 8.42 Å². The summed E-state index contributed by atoms with van der Waals surface area (Å²) in [7, 11) is -3.99. The number of rotatable bonds is 3. The molecule has 14 heavy (non-hydrogen) atoms. The van der Waals surface area contributed by atoms with Crippen LogP contribution in [0, 0.1) is 0 Å². The first-order valence-corrected chi connectivity index (χ1v) is 5.58. The summed E-state index contributed by atoms with van der Waals surface area (Å²) in [5.74, 6) is 0. The van der Waals surface area contributed by atoms with Gasteiger partial charge in [-0.15, -0.1) is 0 Å². The van der Waals surface area contributed by atoms with Gasteiger partial charge in [-0.25, -0.2) is 5.14 Å². The number of nitrogens with two attached hydrogens (primary N) is 1. The van der Waals surface area contributed by atoms with E-state index in [4.69, 9.17) is 23.2 Å². The molecule has 0 aliphatic rings. The molecule has 0 atom stereocenters. The van der Waals surface area contributed by atoms with Crippen molar-refractivity contribution in [2.24, 2.45) is 5.14 Å². The van der Waals surface area contributed by atoms with Gasteiger partial charge in [-0.1, -0.05) is 23.2 Å². The molecule has 1 heterocycles. The zero-order chi connectivity index (χ0) is 10.8. The monoisotopic (exact) mass is 256 g/mol. The largest absolute Gasteiger partial charge is 0.333 e. The van der Waals surface area contributed by atoms with Crippen LogP contribution in [0.2, 0.25) is 10.0 Å². The van der Waals surface area contributed by atoms with Gasteiger partial charge in [0.1, 0.15) is 0 Å². The highest BCUT2D eigenvalue weighted by Gasteiger charge is 2.10. The normalized spacial score (nSPS) is 11.6. The first kappa shape index (κ1) is 11.7. The van der Waals surface area contributed by atoms with Crippen LogP contribution < -0.4 is 5.14 Å². The average molecular weight is 257 g/mol. The van der Waals surface area contributed by atoms with Gasteiger partial charge in [-0.2, -0.15) is 8.42 Å². The van der Waals surface area contributed by atoms with E-state index in [0.29, 0.717) is 5.56 Å². The van der Waals surface area contributed by atoms with Crippen molar-refractivity contribution in [3.05, 3.63) is 28.0 Å². The van der Waals surface area contributed by atoms with E-state index in [0.717, 1.165) is 0 Å². The number of aromatic nitrogens is 1. The minimum absolute atomic E-state index is 0.223. The second kappa shape index (κ2) is 4.41. The van der Waals surface area contributed by atoms with Crippen molar-refractivity contribution in [1.29, 1.82) is 0 Å². The van der Waals surface area contributed by atoms with Crippen LogP contribution in [-0.2, 0) is 21.1 Å². The number of hydrogen-bond acceptors (Lipinski definition) is 4. The fourth-order valence-electron chi connectivity index (χ4n) is 0.717. The molecule has 2 N–H and O–H groups in total. The smallest absolute Gasteiger partial charge is 0.262 e. The second-order valence-corrected chi connectivity index (χ2v) is 4.37. The molecule has 0 bridgehead atoms. The Bertz CT molecular complexity index is 414. The maximum atomic E-state index is 10.5. The lowest BCUT2D eigenvalue weighted by Crippen LogP contribution is -2.15. The maximum Gasteiger partial charge on any atom is 0.333 e. The molecule has 0 aromatic carbocycles. The van der Waals surface area contributed by atoms with Crippen molar-refractivity contribution < 1.29 is 12.6 Å². The van der Waals surface area contributed by atoms with Gasteiger partial charge >= 0.3 is 10.3 Å². The zero-order valence-electron chi connectivity index (χ0n) is 6.78. The molecule has 78 valence electrons. The molecule has 5 nitrogen and oxygen atoms in total. The Morgan fingerprint density at radius 1 is 1.36 bits per heavy atom. The summed E-state index contributed by atoms with van der Waals surface area (Å²) in [5.41, 5.74) is 0.331. The molecule has 0 spiro atoms. The zero-order valence-corrected chi connectivity index (χ0v) is 9.10. The van der Waals surface area contributed by atoms with Crippen LogP contribution in [0.5, 0.6) is 0 Å². The fourth-order valence-corrected chi connectivity index (χ4v) is 1.47. The van der Waals surface area contributed by atoms with Crippen molar-refractivity contribution in [3.8, 4) is 0 Å². The Hall–Kier alpha value is -0.400. The van der Waals surface area contributed by atoms with E-state index in [1.54, 1.807) is 0 Å². The van der Waals surface area contributed by atoms with Crippen molar-refractivity contribution in [1.82, 2.24) is 4.98 Å². The highest BCUT2D eigenvalue weighted by molar-refractivity contribution is 7.84. The molecule has 0 radical (unpaired) electrons. The predicted molar refractivity (Wildman–Crippen MR) is 52.2 cm³/mol. The van der Waals surface area contributed by atoms with Gasteiger partial charge in [0, 0.05) is 18.0 Å². The third-order valence-electron chi connectivity index (χ3n) is 1.32. The minimum Gasteiger partial charge on any atom is -0.262 e. The molecule has 1 aromatic heterocycles. The molecular formula is C6H6Cl2N2O3S. The predicted octanol–water partition coefficient (Wildman–Crippen LogP) is 1.11. The number of hydrogen-bond donors (Lipinski definition) is 1. The molecular weight excluding hydrogens is 251 g/mol. The Kier molecular flexibility index (Phi) is 3.68. The molecule has 0 amide bonds. The van der Waals surface area contributed by atoms with E-state index < -0.39 is 10.3 Å². The lowest BCUT2D eigenvalue weighted by Gasteiger charge is -2.04. The SMILES string of the molecule is NS(=O)(=O)OCc1c(Cl)cncc1Cl. The van der Waals surface area contributed by atoms with Crippen LogP contribution in [0.15, 0.2) is 12.4 Å². The van der Waals surface area contributed by atoms with Gasteiger partial charge in [0.25, 0.3) is 0 Å². The van der Waals surface area contributed by atoms with Crippen LogP contribution in [0.3, 0.4) is 0 Å². The molecule has 1 rings (SSSR count). The summed E-state index contributed by atoms with van der Waals surface area (Å²) in [6, 6.07) is 0. The summed E-state index contributed by atoms with van der Waals surface area (Å²) < 4.78 is 25.3. The van der Waals surface area contributed by atoms with Gasteiger partial charge < -0.3 is 0 Å². The molecule has 1 aromatic rings. The summed E-state index contributed by atoms with van der Waals surface area (Å²) >= 11 is 11.4. The van der Waals surface area contributed by atoms with Gasteiger partial charge in [0.05, 0.1) is 16.7 Å². The summed E-state index contributed by atoms with van der Waals surface area (Å²) in [5, 5.41) is 5.08. The molecule has 8 heteroatoms. The Morgan fingerprint density at radius 2 is 1.86 bits per heavy atom. The van der Waals surface area contributed by atoms with E-state index in [-0.39, 0.29) is 16.7 Å². The lowest BCUT2D eigenvalue weighted by molar-refractivity contribution is 0.308. The summed E-state index contributed by atoms with van der Waals surface area (Å²) in [6.07, 6.45) is 2.66. The van der Waals surface area contributed by atoms with E-state index >= 15 is 0 Å². The van der Waals surface area contributed by atoms with Crippen LogP contribution in [0.25, 0.3) is 0 Å². The van der Waals surface area contributed by atoms with E-state index in [2.05, 4.69) is 14.3 Å². The molecule has 0 unspecified atom stereocenters. The first-order chi connectivity index (χ1) is 6.40. The quantitative estimate of drug-likeness (QED) is 0.879. The van der Waals surface area contributed by atoms with Crippen LogP contribution in [-0.4, -0.2) is 13.4 Å². The lowest BCUT2D eigenvalue weighted by atomic mass is 10.3. The fraction of sp³-hybridized carbons (Fsp3) is 0.167. The van der Waals surface area contributed by atoms with Crippen LogP contribution in [0.4, 0.5) is 0 Å². The van der Waals surface area contributed by atoms with Crippen molar-refractivity contribution >= 4 is 33.5 Å². The molecule has 0 saturated heterocycles. The maximum absolute atomic E-state index is 10.5. The van der Waals surface area contributed by atoms with E-state index in [1.165, 1.54) is 12.4 Å². The van der Waals surface area contributed by atoms with Gasteiger partial charge in [0.15, 0.2) is 0 Å². The highest BCUT2D eigenvalue weighted by Crippen LogP contribution is 2.23. The summed E-state index contributed by atoms with van der Waals surface area (Å²) in [6.45, 7) is -0.307. The van der Waals surface area contributed by atoms with Crippen LogP contribution in [0.1, 0.15) is 5.56 Å². The molecule has 0 saturated carbocycles. The molecule has 0 aliphatic heterocycles. The number of nitrogens with zero attached hydrogens (tertiary/aromatic N) is 1. The standard InChI is InChI=1S/C6H6Cl2N2O3S/c7-5-1-10-2-6(8)4(5)3-13-14(9,11)12/h1-2H,3H2,(H2,9,11,12). The highest BCUT2D eigenvalue weighted by atomic mass is 35.5. The molecule has 0 aliphatic carbocycles. The minimum atomic E-state index is -3.99. The number of pyridine rings is 1. The Morgan fingerprint density at radius 3 is 2.29 bits per heavy atom. The van der Waals surface area contributed by atoms with Gasteiger partial charge in [0.2, 0.25) is 0 Å². The third kappa shape index (κ3) is 3.39. The Balaban J connectivity index is 2.87. The molecule has 0 fully saturated rings. The van der Waals surface area contributed by atoms with Crippen molar-refractivity contribution in [3.63, 3.8) is 0 Å². The topological polar surface area (TPSA) is 82.3 Å². The number of halogens is 2. The van der Waals surface area contributed by atoms with Crippen molar-refractivity contribution in [2.75, 3.05) is 0 Å². The Labute approximate surface area is 91.0 Å². The van der Waals surface area contributed by atoms with E-state index in [1.807, 2.05) is 0 Å². The van der Waals surface area contributed by atoms with Crippen molar-refractivity contribution in [2.45, 2.75) is 6.61 Å².